The van der Waals surface area contributed by atoms with Gasteiger partial charge in [0.15, 0.2) is 5.96 Å². The first kappa shape index (κ1) is 17.6. The number of hydrogen-bond acceptors (Lipinski definition) is 4. The Bertz CT molecular complexity index is 635. The highest BCUT2D eigenvalue weighted by molar-refractivity contribution is 5.80. The zero-order valence-corrected chi connectivity index (χ0v) is 15.9. The van der Waals surface area contributed by atoms with Gasteiger partial charge in [0.05, 0.1) is 13.2 Å². The fraction of sp³-hybridized carbons (Fsp3) is 0.700. The molecule has 4 heterocycles. The monoisotopic (exact) mass is 357 g/mol. The highest BCUT2D eigenvalue weighted by Gasteiger charge is 2.42. The van der Waals surface area contributed by atoms with E-state index < -0.39 is 0 Å². The lowest BCUT2D eigenvalue weighted by molar-refractivity contribution is 0.156. The number of nitrogens with zero attached hydrogens (tertiary/aromatic N) is 4. The molecular weight excluding hydrogens is 326 g/mol. The first-order chi connectivity index (χ1) is 12.8. The third-order valence-electron chi connectivity index (χ3n) is 5.91. The van der Waals surface area contributed by atoms with E-state index >= 15 is 0 Å². The van der Waals surface area contributed by atoms with Crippen LogP contribution in [0, 0.1) is 5.41 Å². The molecule has 3 saturated heterocycles. The Labute approximate surface area is 156 Å². The number of nitrogens with one attached hydrogen (secondary N) is 1. The highest BCUT2D eigenvalue weighted by Crippen LogP contribution is 2.38. The second-order valence-corrected chi connectivity index (χ2v) is 7.86. The van der Waals surface area contributed by atoms with Gasteiger partial charge in [-0.05, 0) is 50.3 Å². The molecule has 1 unspecified atom stereocenters. The number of rotatable bonds is 4. The van der Waals surface area contributed by atoms with Crippen molar-refractivity contribution in [1.29, 1.82) is 0 Å². The normalized spacial score (nSPS) is 26.3. The van der Waals surface area contributed by atoms with Gasteiger partial charge in [-0.25, -0.2) is 9.98 Å². The van der Waals surface area contributed by atoms with Crippen LogP contribution in [0.15, 0.2) is 23.3 Å². The molecule has 1 aromatic heterocycles. The van der Waals surface area contributed by atoms with E-state index in [0.717, 1.165) is 57.7 Å². The van der Waals surface area contributed by atoms with Crippen molar-refractivity contribution in [2.45, 2.75) is 39.2 Å². The Hall–Kier alpha value is -1.82. The lowest BCUT2D eigenvalue weighted by atomic mass is 9.87. The van der Waals surface area contributed by atoms with E-state index in [4.69, 9.17) is 9.73 Å². The minimum absolute atomic E-state index is 0.357. The van der Waals surface area contributed by atoms with Crippen LogP contribution in [0.25, 0.3) is 0 Å². The van der Waals surface area contributed by atoms with Gasteiger partial charge >= 0.3 is 0 Å². The average molecular weight is 358 g/mol. The number of aliphatic imine (C=N–C) groups is 1. The minimum Gasteiger partial charge on any atom is -0.381 e. The molecule has 0 aliphatic carbocycles. The summed E-state index contributed by atoms with van der Waals surface area (Å²) in [7, 11) is 0. The van der Waals surface area contributed by atoms with Crippen molar-refractivity contribution in [3.8, 4) is 0 Å². The molecule has 6 heteroatoms. The summed E-state index contributed by atoms with van der Waals surface area (Å²) < 4.78 is 5.66. The third kappa shape index (κ3) is 3.80. The maximum Gasteiger partial charge on any atom is 0.194 e. The van der Waals surface area contributed by atoms with Gasteiger partial charge in [0.1, 0.15) is 5.82 Å². The maximum absolute atomic E-state index is 5.66. The van der Waals surface area contributed by atoms with Crippen molar-refractivity contribution in [1.82, 2.24) is 15.2 Å². The Morgan fingerprint density at radius 1 is 1.31 bits per heavy atom. The van der Waals surface area contributed by atoms with Crippen molar-refractivity contribution in [3.63, 3.8) is 0 Å². The van der Waals surface area contributed by atoms with Gasteiger partial charge in [-0.2, -0.15) is 0 Å². The van der Waals surface area contributed by atoms with Crippen LogP contribution in [0.2, 0.25) is 0 Å². The fourth-order valence-corrected chi connectivity index (χ4v) is 4.36. The maximum atomic E-state index is 5.66. The molecule has 3 aliphatic heterocycles. The van der Waals surface area contributed by atoms with Crippen LogP contribution in [0.1, 0.15) is 38.2 Å². The molecule has 0 aromatic carbocycles. The highest BCUT2D eigenvalue weighted by atomic mass is 16.5. The van der Waals surface area contributed by atoms with Gasteiger partial charge in [-0.15, -0.1) is 0 Å². The molecule has 4 rings (SSSR count). The SMILES string of the molecule is CCNC(=NCc1ccnc(N2CCCC2)c1)N1CCC2(CCOC2)C1. The molecule has 6 nitrogen and oxygen atoms in total. The molecule has 3 fully saturated rings. The largest absolute Gasteiger partial charge is 0.381 e. The van der Waals surface area contributed by atoms with E-state index in [9.17, 15) is 0 Å². The van der Waals surface area contributed by atoms with E-state index in [1.807, 2.05) is 6.20 Å². The number of ether oxygens (including phenoxy) is 1. The molecule has 1 N–H and O–H groups in total. The van der Waals surface area contributed by atoms with E-state index in [1.165, 1.54) is 31.2 Å². The predicted molar refractivity (Wildman–Crippen MR) is 105 cm³/mol. The number of anilines is 1. The Kier molecular flexibility index (Phi) is 5.29. The molecule has 0 amide bonds. The summed E-state index contributed by atoms with van der Waals surface area (Å²) in [4.78, 5) is 14.3. The van der Waals surface area contributed by atoms with Crippen LogP contribution in [-0.2, 0) is 11.3 Å². The molecular formula is C20H31N5O. The number of pyridine rings is 1. The second kappa shape index (κ2) is 7.82. The Balaban J connectivity index is 1.44. The van der Waals surface area contributed by atoms with Crippen LogP contribution in [0.3, 0.4) is 0 Å². The van der Waals surface area contributed by atoms with Crippen molar-refractivity contribution in [2.24, 2.45) is 10.4 Å². The molecule has 0 radical (unpaired) electrons. The van der Waals surface area contributed by atoms with Gasteiger partial charge in [0.25, 0.3) is 0 Å². The van der Waals surface area contributed by atoms with Crippen molar-refractivity contribution >= 4 is 11.8 Å². The van der Waals surface area contributed by atoms with E-state index in [1.54, 1.807) is 0 Å². The van der Waals surface area contributed by atoms with Crippen molar-refractivity contribution in [3.05, 3.63) is 23.9 Å². The van der Waals surface area contributed by atoms with Crippen LogP contribution in [-0.4, -0.2) is 61.8 Å². The molecule has 142 valence electrons. The topological polar surface area (TPSA) is 53.0 Å². The van der Waals surface area contributed by atoms with Crippen LogP contribution in [0.4, 0.5) is 5.82 Å². The van der Waals surface area contributed by atoms with Gasteiger partial charge in [0.2, 0.25) is 0 Å². The first-order valence-electron chi connectivity index (χ1n) is 10.1. The zero-order chi connectivity index (χ0) is 17.8. The summed E-state index contributed by atoms with van der Waals surface area (Å²) in [5, 5.41) is 3.48. The van der Waals surface area contributed by atoms with Gasteiger partial charge in [-0.3, -0.25) is 0 Å². The quantitative estimate of drug-likeness (QED) is 0.662. The Morgan fingerprint density at radius 3 is 2.96 bits per heavy atom. The minimum atomic E-state index is 0.357. The molecule has 0 saturated carbocycles. The lowest BCUT2D eigenvalue weighted by Crippen LogP contribution is -2.41. The fourth-order valence-electron chi connectivity index (χ4n) is 4.36. The van der Waals surface area contributed by atoms with E-state index in [2.05, 4.69) is 39.2 Å². The summed E-state index contributed by atoms with van der Waals surface area (Å²) in [6.45, 7) is 9.95. The van der Waals surface area contributed by atoms with Gasteiger partial charge in [-0.1, -0.05) is 0 Å². The third-order valence-corrected chi connectivity index (χ3v) is 5.91. The summed E-state index contributed by atoms with van der Waals surface area (Å²) in [6.07, 6.45) is 6.87. The molecule has 26 heavy (non-hydrogen) atoms. The first-order valence-corrected chi connectivity index (χ1v) is 10.1. The van der Waals surface area contributed by atoms with E-state index in [-0.39, 0.29) is 0 Å². The smallest absolute Gasteiger partial charge is 0.194 e. The van der Waals surface area contributed by atoms with Crippen LogP contribution in [0.5, 0.6) is 0 Å². The second-order valence-electron chi connectivity index (χ2n) is 7.86. The molecule has 3 aliphatic rings. The van der Waals surface area contributed by atoms with Crippen molar-refractivity contribution < 1.29 is 4.74 Å². The molecule has 1 spiro atoms. The predicted octanol–water partition coefficient (Wildman–Crippen LogP) is 2.26. The summed E-state index contributed by atoms with van der Waals surface area (Å²) >= 11 is 0. The number of aromatic nitrogens is 1. The van der Waals surface area contributed by atoms with Crippen LogP contribution < -0.4 is 10.2 Å². The van der Waals surface area contributed by atoms with Gasteiger partial charge < -0.3 is 19.9 Å². The van der Waals surface area contributed by atoms with Gasteiger partial charge in [0, 0.05) is 50.9 Å². The summed E-state index contributed by atoms with van der Waals surface area (Å²) in [6, 6.07) is 4.29. The average Bonchev–Trinajstić information content (AvgIpc) is 3.43. The number of guanidine groups is 1. The summed E-state index contributed by atoms with van der Waals surface area (Å²) in [5.74, 6) is 2.14. The summed E-state index contributed by atoms with van der Waals surface area (Å²) in [5.41, 5.74) is 1.59. The lowest BCUT2D eigenvalue weighted by Gasteiger charge is -2.25. The van der Waals surface area contributed by atoms with Crippen LogP contribution >= 0.6 is 0 Å². The standard InChI is InChI=1S/C20H31N5O/c1-2-21-19(25-11-6-20(15-25)7-12-26-16-20)23-14-17-5-8-22-18(13-17)24-9-3-4-10-24/h5,8,13H,2-4,6-7,9-12,14-16H2,1H3,(H,21,23). The van der Waals surface area contributed by atoms with E-state index in [0.29, 0.717) is 12.0 Å². The molecule has 0 bridgehead atoms. The zero-order valence-electron chi connectivity index (χ0n) is 15.9. The molecule has 1 aromatic rings. The number of hydrogen-bond donors (Lipinski definition) is 1. The molecule has 1 atom stereocenters. The Morgan fingerprint density at radius 2 is 2.19 bits per heavy atom. The number of likely N-dealkylation sites (tertiary alicyclic amines) is 1. The van der Waals surface area contributed by atoms with Crippen molar-refractivity contribution in [2.75, 3.05) is 50.8 Å².